The molecule has 2 aromatic heterocycles. The van der Waals surface area contributed by atoms with E-state index in [0.717, 1.165) is 45.1 Å². The normalized spacial score (nSPS) is 11.8. The van der Waals surface area contributed by atoms with Gasteiger partial charge in [0.1, 0.15) is 11.6 Å². The molecule has 0 N–H and O–H groups in total. The van der Waals surface area contributed by atoms with Gasteiger partial charge in [0.05, 0.1) is 33.4 Å². The summed E-state index contributed by atoms with van der Waals surface area (Å²) in [4.78, 5) is 9.96. The van der Waals surface area contributed by atoms with Crippen LogP contribution in [-0.2, 0) is 0 Å². The molecule has 236 valence electrons. The zero-order chi connectivity index (χ0) is 33.3. The van der Waals surface area contributed by atoms with E-state index in [4.69, 9.17) is 9.97 Å². The third-order valence-electron chi connectivity index (χ3n) is 10.2. The molecule has 0 fully saturated rings. The Balaban J connectivity index is 1.40. The van der Waals surface area contributed by atoms with E-state index in [0.29, 0.717) is 0 Å². The molecule has 0 aliphatic carbocycles. The minimum Gasteiger partial charge on any atom is -0.296 e. The van der Waals surface area contributed by atoms with Gasteiger partial charge in [-0.05, 0) is 112 Å². The van der Waals surface area contributed by atoms with E-state index in [1.807, 2.05) is 0 Å². The molecule has 50 heavy (non-hydrogen) atoms. The van der Waals surface area contributed by atoms with Gasteiger partial charge in [-0.1, -0.05) is 103 Å². The monoisotopic (exact) mass is 640 g/mol. The summed E-state index contributed by atoms with van der Waals surface area (Å²) in [6, 6.07) is 56.9. The molecule has 8 aromatic carbocycles. The maximum Gasteiger partial charge on any atom is 0.111 e. The molecule has 0 saturated carbocycles. The molecule has 0 aliphatic heterocycles. The van der Waals surface area contributed by atoms with Crippen molar-refractivity contribution in [2.24, 2.45) is 0 Å². The van der Waals surface area contributed by atoms with E-state index in [1.165, 1.54) is 54.6 Å². The van der Waals surface area contributed by atoms with Crippen molar-refractivity contribution in [2.45, 2.75) is 13.8 Å². The second-order valence-electron chi connectivity index (χ2n) is 13.1. The summed E-state index contributed by atoms with van der Waals surface area (Å²) in [5, 5.41) is 7.19. The first-order valence-corrected chi connectivity index (χ1v) is 17.1. The molecule has 0 saturated heterocycles. The van der Waals surface area contributed by atoms with Gasteiger partial charge in [-0.15, -0.1) is 0 Å². The third kappa shape index (κ3) is 4.25. The maximum absolute atomic E-state index is 4.98. The fourth-order valence-corrected chi connectivity index (χ4v) is 8.03. The number of aryl methyl sites for hydroxylation is 2. The first kappa shape index (κ1) is 28.5. The zero-order valence-corrected chi connectivity index (χ0v) is 27.8. The summed E-state index contributed by atoms with van der Waals surface area (Å²) >= 11 is 0. The SMILES string of the molecule is Cc1nc2ccccc2n1-c1cccc2c(-c3cc(-c4ccccc4)cc4ccccc34)c3cccc(-n4c(C)nc5ccccc54)c3cc12. The number of para-hydroxylation sites is 4. The Morgan fingerprint density at radius 2 is 0.920 bits per heavy atom. The molecule has 10 rings (SSSR count). The lowest BCUT2D eigenvalue weighted by molar-refractivity contribution is 1.01. The van der Waals surface area contributed by atoms with Crippen LogP contribution in [0.5, 0.6) is 0 Å². The summed E-state index contributed by atoms with van der Waals surface area (Å²) in [5.41, 5.74) is 11.2. The number of nitrogens with zero attached hydrogens (tertiary/aromatic N) is 4. The molecule has 4 heteroatoms. The molecule has 0 aliphatic rings. The molecular formula is C46H32N4. The highest BCUT2D eigenvalue weighted by Gasteiger charge is 2.21. The van der Waals surface area contributed by atoms with Crippen LogP contribution in [0, 0.1) is 13.8 Å². The van der Waals surface area contributed by atoms with Crippen molar-refractivity contribution >= 4 is 54.4 Å². The van der Waals surface area contributed by atoms with Crippen molar-refractivity contribution in [3.05, 3.63) is 169 Å². The van der Waals surface area contributed by atoms with Gasteiger partial charge < -0.3 is 0 Å². The fourth-order valence-electron chi connectivity index (χ4n) is 8.03. The Hall–Kier alpha value is -6.52. The molecule has 10 aromatic rings. The Bertz CT molecular complexity index is 2810. The number of imidazole rings is 2. The predicted octanol–water partition coefficient (Wildman–Crippen LogP) is 11.8. The highest BCUT2D eigenvalue weighted by molar-refractivity contribution is 6.20. The van der Waals surface area contributed by atoms with Gasteiger partial charge in [0.15, 0.2) is 0 Å². The molecule has 0 atom stereocenters. The van der Waals surface area contributed by atoms with Crippen LogP contribution in [0.1, 0.15) is 11.6 Å². The van der Waals surface area contributed by atoms with Gasteiger partial charge in [-0.2, -0.15) is 0 Å². The Kier molecular flexibility index (Phi) is 6.27. The van der Waals surface area contributed by atoms with Crippen LogP contribution >= 0.6 is 0 Å². The highest BCUT2D eigenvalue weighted by Crippen LogP contribution is 2.45. The predicted molar refractivity (Wildman–Crippen MR) is 209 cm³/mol. The van der Waals surface area contributed by atoms with E-state index in [-0.39, 0.29) is 0 Å². The summed E-state index contributed by atoms with van der Waals surface area (Å²) in [6.07, 6.45) is 0. The van der Waals surface area contributed by atoms with Crippen molar-refractivity contribution in [1.82, 2.24) is 19.1 Å². The minimum atomic E-state index is 0.960. The van der Waals surface area contributed by atoms with Gasteiger partial charge in [0.2, 0.25) is 0 Å². The van der Waals surface area contributed by atoms with Crippen LogP contribution < -0.4 is 0 Å². The Morgan fingerprint density at radius 3 is 1.54 bits per heavy atom. The van der Waals surface area contributed by atoms with Gasteiger partial charge in [0.25, 0.3) is 0 Å². The van der Waals surface area contributed by atoms with Crippen molar-refractivity contribution in [3.63, 3.8) is 0 Å². The first-order chi connectivity index (χ1) is 24.6. The molecule has 0 spiro atoms. The van der Waals surface area contributed by atoms with Crippen LogP contribution in [-0.4, -0.2) is 19.1 Å². The first-order valence-electron chi connectivity index (χ1n) is 17.1. The standard InChI is InChI=1S/C46H32N4/c1-29-47-40-20-8-10-22-44(40)49(29)42-24-12-18-35-37(42)28-38-36(19-13-25-43(38)50-30(2)48-41-21-9-11-23-45(41)50)46(35)39-27-33(31-14-4-3-5-15-31)26-32-16-6-7-17-34(32)39/h3-28H,1-2H3. The van der Waals surface area contributed by atoms with Gasteiger partial charge >= 0.3 is 0 Å². The Labute approximate surface area is 289 Å². The van der Waals surface area contributed by atoms with E-state index in [2.05, 4.69) is 181 Å². The summed E-state index contributed by atoms with van der Waals surface area (Å²) < 4.78 is 4.62. The molecule has 0 unspecified atom stereocenters. The van der Waals surface area contributed by atoms with Gasteiger partial charge in [0, 0.05) is 10.8 Å². The molecular weight excluding hydrogens is 609 g/mol. The highest BCUT2D eigenvalue weighted by atomic mass is 15.1. The van der Waals surface area contributed by atoms with E-state index in [9.17, 15) is 0 Å². The number of rotatable bonds is 4. The third-order valence-corrected chi connectivity index (χ3v) is 10.2. The number of hydrogen-bond donors (Lipinski definition) is 0. The molecule has 0 amide bonds. The van der Waals surface area contributed by atoms with Crippen molar-refractivity contribution in [2.75, 3.05) is 0 Å². The van der Waals surface area contributed by atoms with E-state index < -0.39 is 0 Å². The maximum atomic E-state index is 4.98. The van der Waals surface area contributed by atoms with E-state index in [1.54, 1.807) is 0 Å². The number of aromatic nitrogens is 4. The van der Waals surface area contributed by atoms with Crippen molar-refractivity contribution in [3.8, 4) is 33.6 Å². The van der Waals surface area contributed by atoms with Crippen LogP contribution in [0.3, 0.4) is 0 Å². The second kappa shape index (κ2) is 11.0. The number of benzene rings is 8. The smallest absolute Gasteiger partial charge is 0.111 e. The average molecular weight is 641 g/mol. The van der Waals surface area contributed by atoms with Crippen LogP contribution in [0.4, 0.5) is 0 Å². The lowest BCUT2D eigenvalue weighted by Gasteiger charge is -2.20. The molecule has 0 bridgehead atoms. The summed E-state index contributed by atoms with van der Waals surface area (Å²) in [5.74, 6) is 1.92. The zero-order valence-electron chi connectivity index (χ0n) is 27.8. The second-order valence-corrected chi connectivity index (χ2v) is 13.1. The minimum absolute atomic E-state index is 0.960. The fraction of sp³-hybridized carbons (Fsp3) is 0.0435. The molecule has 0 radical (unpaired) electrons. The quantitative estimate of drug-likeness (QED) is 0.179. The lowest BCUT2D eigenvalue weighted by Crippen LogP contribution is -2.01. The van der Waals surface area contributed by atoms with Gasteiger partial charge in [-0.25, -0.2) is 9.97 Å². The molecule has 2 heterocycles. The molecule has 4 nitrogen and oxygen atoms in total. The van der Waals surface area contributed by atoms with Crippen LogP contribution in [0.2, 0.25) is 0 Å². The van der Waals surface area contributed by atoms with Crippen molar-refractivity contribution in [1.29, 1.82) is 0 Å². The van der Waals surface area contributed by atoms with Crippen molar-refractivity contribution < 1.29 is 0 Å². The van der Waals surface area contributed by atoms with Gasteiger partial charge in [-0.3, -0.25) is 9.13 Å². The topological polar surface area (TPSA) is 35.6 Å². The Morgan fingerprint density at radius 1 is 0.400 bits per heavy atom. The number of hydrogen-bond acceptors (Lipinski definition) is 2. The number of fused-ring (bicyclic) bond motifs is 5. The van der Waals surface area contributed by atoms with E-state index >= 15 is 0 Å². The van der Waals surface area contributed by atoms with Crippen LogP contribution in [0.25, 0.3) is 88.0 Å². The lowest BCUT2D eigenvalue weighted by atomic mass is 9.86. The largest absolute Gasteiger partial charge is 0.296 e. The van der Waals surface area contributed by atoms with Crippen LogP contribution in [0.15, 0.2) is 158 Å². The average Bonchev–Trinajstić information content (AvgIpc) is 3.68. The summed E-state index contributed by atoms with van der Waals surface area (Å²) in [7, 11) is 0. The summed E-state index contributed by atoms with van der Waals surface area (Å²) in [6.45, 7) is 4.20.